The van der Waals surface area contributed by atoms with E-state index in [1.54, 1.807) is 47.3 Å². The highest BCUT2D eigenvalue weighted by Gasteiger charge is 2.31. The van der Waals surface area contributed by atoms with Gasteiger partial charge in [-0.2, -0.15) is 0 Å². The third kappa shape index (κ3) is 7.91. The quantitative estimate of drug-likeness (QED) is 0.432. The number of hydrogen-bond acceptors (Lipinski definition) is 5. The Balaban J connectivity index is 0.000000379. The van der Waals surface area contributed by atoms with Gasteiger partial charge in [-0.05, 0) is 48.4 Å². The molecule has 2 amide bonds. The number of likely N-dealkylation sites (N-methyl/N-ethyl adjacent to an activating group) is 1. The van der Waals surface area contributed by atoms with Gasteiger partial charge in [-0.25, -0.2) is 9.37 Å². The van der Waals surface area contributed by atoms with Gasteiger partial charge in [0.25, 0.3) is 5.91 Å². The summed E-state index contributed by atoms with van der Waals surface area (Å²) in [5.74, 6) is 0.428. The second-order valence-electron chi connectivity index (χ2n) is 9.42. The largest absolute Gasteiger partial charge is 0.378 e. The normalized spacial score (nSPS) is 16.9. The maximum Gasteiger partial charge on any atom is 0.255 e. The van der Waals surface area contributed by atoms with E-state index in [2.05, 4.69) is 9.88 Å². The molecule has 0 saturated carbocycles. The Labute approximate surface area is 238 Å². The molecule has 3 heterocycles. The van der Waals surface area contributed by atoms with Crippen LogP contribution in [0.3, 0.4) is 0 Å². The molecule has 0 N–H and O–H groups in total. The molecule has 39 heavy (non-hydrogen) atoms. The Morgan fingerprint density at radius 2 is 1.67 bits per heavy atom. The number of hydrogen-bond donors (Lipinski definition) is 0. The van der Waals surface area contributed by atoms with E-state index in [9.17, 15) is 14.0 Å². The number of amides is 2. The number of morpholine rings is 1. The minimum atomic E-state index is -0.318. The lowest BCUT2D eigenvalue weighted by Crippen LogP contribution is -2.40. The molecule has 2 saturated heterocycles. The molecule has 10 heteroatoms. The molecule has 2 fully saturated rings. The van der Waals surface area contributed by atoms with Crippen LogP contribution in [-0.2, 0) is 16.0 Å². The Kier molecular flexibility index (Phi) is 10.1. The van der Waals surface area contributed by atoms with E-state index in [1.165, 1.54) is 12.1 Å². The van der Waals surface area contributed by atoms with Crippen LogP contribution >= 0.6 is 23.2 Å². The van der Waals surface area contributed by atoms with Crippen molar-refractivity contribution in [2.75, 3.05) is 51.3 Å². The lowest BCUT2D eigenvalue weighted by Gasteiger charge is -2.28. The van der Waals surface area contributed by atoms with Crippen LogP contribution in [0.2, 0.25) is 10.0 Å². The highest BCUT2D eigenvalue weighted by Crippen LogP contribution is 2.21. The predicted molar refractivity (Wildman–Crippen MR) is 151 cm³/mol. The van der Waals surface area contributed by atoms with E-state index in [4.69, 9.17) is 27.9 Å². The van der Waals surface area contributed by atoms with Crippen LogP contribution in [-0.4, -0.2) is 79.1 Å². The highest BCUT2D eigenvalue weighted by molar-refractivity contribution is 6.41. The minimum Gasteiger partial charge on any atom is -0.378 e. The molecule has 2 aliphatic heterocycles. The summed E-state index contributed by atoms with van der Waals surface area (Å²) in [5.41, 5.74) is 1.33. The molecule has 0 radical (unpaired) electrons. The molecule has 206 valence electrons. The van der Waals surface area contributed by atoms with Gasteiger partial charge in [-0.15, -0.1) is 0 Å². The lowest BCUT2D eigenvalue weighted by molar-refractivity contribution is -0.131. The molecule has 7 nitrogen and oxygen atoms in total. The van der Waals surface area contributed by atoms with Crippen LogP contribution in [0.15, 0.2) is 66.9 Å². The van der Waals surface area contributed by atoms with E-state index in [0.717, 1.165) is 30.9 Å². The van der Waals surface area contributed by atoms with Gasteiger partial charge in [-0.3, -0.25) is 9.59 Å². The third-order valence-electron chi connectivity index (χ3n) is 6.81. The van der Waals surface area contributed by atoms with Gasteiger partial charge in [0, 0.05) is 39.4 Å². The zero-order valence-corrected chi connectivity index (χ0v) is 23.2. The monoisotopic (exact) mass is 572 g/mol. The molecule has 0 aliphatic carbocycles. The van der Waals surface area contributed by atoms with Gasteiger partial charge < -0.3 is 19.4 Å². The van der Waals surface area contributed by atoms with Crippen LogP contribution in [0.5, 0.6) is 0 Å². The van der Waals surface area contributed by atoms with Gasteiger partial charge in [0.05, 0.1) is 41.3 Å². The van der Waals surface area contributed by atoms with Gasteiger partial charge in [0.1, 0.15) is 11.6 Å². The van der Waals surface area contributed by atoms with Crippen molar-refractivity contribution in [3.05, 3.63) is 93.8 Å². The van der Waals surface area contributed by atoms with Crippen molar-refractivity contribution in [1.29, 1.82) is 0 Å². The number of carbonyl (C=O) groups excluding carboxylic acids is 2. The predicted octanol–water partition coefficient (Wildman–Crippen LogP) is 4.97. The third-order valence-corrected chi connectivity index (χ3v) is 7.57. The molecular formula is C29H31Cl2FN4O3. The highest BCUT2D eigenvalue weighted by atomic mass is 35.5. The van der Waals surface area contributed by atoms with Gasteiger partial charge in [0.2, 0.25) is 5.91 Å². The number of rotatable bonds is 5. The van der Waals surface area contributed by atoms with Crippen molar-refractivity contribution in [2.24, 2.45) is 0 Å². The number of nitrogens with zero attached hydrogens (tertiary/aromatic N) is 4. The number of benzene rings is 2. The fourth-order valence-corrected chi connectivity index (χ4v) is 4.73. The van der Waals surface area contributed by atoms with Gasteiger partial charge in [0.15, 0.2) is 0 Å². The fraction of sp³-hybridized carbons (Fsp3) is 0.345. The molecule has 1 unspecified atom stereocenters. The molecule has 1 atom stereocenters. The summed E-state index contributed by atoms with van der Waals surface area (Å²) in [6.07, 6.45) is 2.58. The lowest BCUT2D eigenvalue weighted by atomic mass is 10.1. The van der Waals surface area contributed by atoms with Crippen molar-refractivity contribution in [3.8, 4) is 0 Å². The topological polar surface area (TPSA) is 66.0 Å². The molecule has 0 spiro atoms. The van der Waals surface area contributed by atoms with E-state index < -0.39 is 0 Å². The molecule has 2 aliphatic rings. The first kappa shape index (κ1) is 28.8. The first-order valence-corrected chi connectivity index (χ1v) is 13.6. The summed E-state index contributed by atoms with van der Waals surface area (Å²) in [6, 6.07) is 16.8. The number of ether oxygens (including phenoxy) is 1. The zero-order chi connectivity index (χ0) is 27.8. The van der Waals surface area contributed by atoms with Crippen molar-refractivity contribution < 1.29 is 18.7 Å². The first-order chi connectivity index (χ1) is 18.8. The second kappa shape index (κ2) is 13.7. The van der Waals surface area contributed by atoms with E-state index in [0.29, 0.717) is 41.9 Å². The summed E-state index contributed by atoms with van der Waals surface area (Å²) in [7, 11) is 1.77. The minimum absolute atomic E-state index is 0.0301. The fourth-order valence-electron chi connectivity index (χ4n) is 4.46. The van der Waals surface area contributed by atoms with E-state index in [-0.39, 0.29) is 30.1 Å². The van der Waals surface area contributed by atoms with Crippen LogP contribution in [0.25, 0.3) is 0 Å². The van der Waals surface area contributed by atoms with E-state index >= 15 is 0 Å². The standard InChI is InChI=1S/C23H27FN4O3.C6H4Cl2/c1-26(22(29)14-17-2-5-19(24)6-3-17)20-8-9-28(16-20)23(30)18-4-7-21(25-15-18)27-10-12-31-13-11-27;7-5-3-1-2-4-6(5)8/h2-7,15,20H,8-14,16H2,1H3;1-4H. The summed E-state index contributed by atoms with van der Waals surface area (Å²) in [4.78, 5) is 35.6. The smallest absolute Gasteiger partial charge is 0.255 e. The van der Waals surface area contributed by atoms with Crippen molar-refractivity contribution in [3.63, 3.8) is 0 Å². The number of likely N-dealkylation sites (tertiary alicyclic amines) is 1. The Bertz CT molecular complexity index is 1230. The number of halogens is 3. The zero-order valence-electron chi connectivity index (χ0n) is 21.7. The molecule has 0 bridgehead atoms. The number of pyridine rings is 1. The Hall–Kier alpha value is -3.20. The molecule has 2 aromatic carbocycles. The number of anilines is 1. The average molecular weight is 573 g/mol. The second-order valence-corrected chi connectivity index (χ2v) is 10.2. The molecular weight excluding hydrogens is 542 g/mol. The number of carbonyl (C=O) groups is 2. The number of aromatic nitrogens is 1. The van der Waals surface area contributed by atoms with Crippen molar-refractivity contribution in [1.82, 2.24) is 14.8 Å². The maximum absolute atomic E-state index is 13.1. The first-order valence-electron chi connectivity index (χ1n) is 12.8. The average Bonchev–Trinajstić information content (AvgIpc) is 3.46. The molecule has 1 aromatic heterocycles. The van der Waals surface area contributed by atoms with Crippen LogP contribution in [0.4, 0.5) is 10.2 Å². The van der Waals surface area contributed by atoms with Gasteiger partial charge in [-0.1, -0.05) is 47.5 Å². The van der Waals surface area contributed by atoms with Crippen molar-refractivity contribution >= 4 is 40.8 Å². The maximum atomic E-state index is 13.1. The van der Waals surface area contributed by atoms with Crippen LogP contribution in [0.1, 0.15) is 22.3 Å². The summed E-state index contributed by atoms with van der Waals surface area (Å²) in [6.45, 7) is 4.06. The summed E-state index contributed by atoms with van der Waals surface area (Å²) in [5, 5.41) is 1.21. The van der Waals surface area contributed by atoms with Gasteiger partial charge >= 0.3 is 0 Å². The summed E-state index contributed by atoms with van der Waals surface area (Å²) < 4.78 is 18.4. The Morgan fingerprint density at radius 3 is 2.26 bits per heavy atom. The van der Waals surface area contributed by atoms with Crippen molar-refractivity contribution in [2.45, 2.75) is 18.9 Å². The molecule has 3 aromatic rings. The Morgan fingerprint density at radius 1 is 1.00 bits per heavy atom. The SMILES string of the molecule is CN(C(=O)Cc1ccc(F)cc1)C1CCN(C(=O)c2ccc(N3CCOCC3)nc2)C1.Clc1ccccc1Cl. The summed E-state index contributed by atoms with van der Waals surface area (Å²) >= 11 is 11.2. The van der Waals surface area contributed by atoms with Crippen LogP contribution in [0, 0.1) is 5.82 Å². The van der Waals surface area contributed by atoms with Crippen LogP contribution < -0.4 is 4.90 Å². The van der Waals surface area contributed by atoms with E-state index in [1.807, 2.05) is 24.3 Å². The molecule has 5 rings (SSSR count).